The van der Waals surface area contributed by atoms with Crippen molar-refractivity contribution < 1.29 is 9.90 Å². The topological polar surface area (TPSA) is 71.2 Å². The second kappa shape index (κ2) is 6.05. The molecule has 0 saturated heterocycles. The van der Waals surface area contributed by atoms with Crippen molar-refractivity contribution in [2.75, 3.05) is 13.1 Å². The lowest BCUT2D eigenvalue weighted by atomic mass is 10.1. The van der Waals surface area contributed by atoms with Gasteiger partial charge in [0.15, 0.2) is 0 Å². The summed E-state index contributed by atoms with van der Waals surface area (Å²) in [6.07, 6.45) is 6.65. The van der Waals surface area contributed by atoms with Gasteiger partial charge >= 0.3 is 0 Å². The maximum absolute atomic E-state index is 12.5. The number of aliphatic hydroxyl groups is 1. The molecule has 0 aliphatic carbocycles. The van der Waals surface area contributed by atoms with Gasteiger partial charge in [-0.15, -0.1) is 0 Å². The quantitative estimate of drug-likeness (QED) is 0.905. The molecule has 112 valence electrons. The van der Waals surface area contributed by atoms with Gasteiger partial charge in [0.25, 0.3) is 5.91 Å². The van der Waals surface area contributed by atoms with Crippen LogP contribution in [0.1, 0.15) is 31.1 Å². The number of hydrogen-bond acceptors (Lipinski definition) is 4. The van der Waals surface area contributed by atoms with Gasteiger partial charge in [0.1, 0.15) is 12.1 Å². The number of carbonyl (C=O) groups is 1. The van der Waals surface area contributed by atoms with E-state index in [1.165, 1.54) is 0 Å². The average molecular weight is 288 g/mol. The maximum Gasteiger partial charge on any atom is 0.254 e. The molecule has 0 aliphatic heterocycles. The lowest BCUT2D eigenvalue weighted by Gasteiger charge is -2.28. The van der Waals surface area contributed by atoms with Crippen LogP contribution in [0, 0.1) is 0 Å². The van der Waals surface area contributed by atoms with Crippen LogP contribution in [0.25, 0.3) is 5.82 Å². The Balaban J connectivity index is 2.24. The molecule has 0 saturated carbocycles. The highest BCUT2D eigenvalue weighted by molar-refractivity contribution is 5.94. The van der Waals surface area contributed by atoms with Crippen LogP contribution in [0.4, 0.5) is 0 Å². The van der Waals surface area contributed by atoms with Crippen LogP contribution >= 0.6 is 0 Å². The van der Waals surface area contributed by atoms with E-state index < -0.39 is 5.60 Å². The number of pyridine rings is 1. The molecule has 2 aromatic heterocycles. The summed E-state index contributed by atoms with van der Waals surface area (Å²) < 4.78 is 1.74. The summed E-state index contributed by atoms with van der Waals surface area (Å²) in [6, 6.07) is 3.40. The lowest BCUT2D eigenvalue weighted by molar-refractivity contribution is 0.0314. The van der Waals surface area contributed by atoms with Gasteiger partial charge in [-0.1, -0.05) is 0 Å². The van der Waals surface area contributed by atoms with E-state index in [2.05, 4.69) is 9.97 Å². The van der Waals surface area contributed by atoms with E-state index in [0.29, 0.717) is 17.9 Å². The standard InChI is InChI=1S/C15H20N4O2/c1-4-18(10-15(2,3)21)14(20)12-5-6-17-13(9-12)19-8-7-16-11-19/h5-9,11,21H,4,10H2,1-3H3. The summed E-state index contributed by atoms with van der Waals surface area (Å²) in [4.78, 5) is 22.3. The van der Waals surface area contributed by atoms with Crippen molar-refractivity contribution in [2.24, 2.45) is 0 Å². The normalized spacial score (nSPS) is 11.4. The summed E-state index contributed by atoms with van der Waals surface area (Å²) >= 11 is 0. The third-order valence-electron chi connectivity index (χ3n) is 3.01. The molecule has 1 amide bonds. The predicted molar refractivity (Wildman–Crippen MR) is 79.2 cm³/mol. The van der Waals surface area contributed by atoms with E-state index in [1.54, 1.807) is 60.4 Å². The molecule has 0 fully saturated rings. The third-order valence-corrected chi connectivity index (χ3v) is 3.01. The first-order valence-electron chi connectivity index (χ1n) is 6.87. The Morgan fingerprint density at radius 3 is 2.76 bits per heavy atom. The van der Waals surface area contributed by atoms with Crippen LogP contribution in [0.5, 0.6) is 0 Å². The van der Waals surface area contributed by atoms with E-state index in [0.717, 1.165) is 0 Å². The minimum absolute atomic E-state index is 0.122. The largest absolute Gasteiger partial charge is 0.389 e. The van der Waals surface area contributed by atoms with Gasteiger partial charge in [0.2, 0.25) is 0 Å². The monoisotopic (exact) mass is 288 g/mol. The average Bonchev–Trinajstić information content (AvgIpc) is 2.97. The molecule has 2 aromatic rings. The number of nitrogens with zero attached hydrogens (tertiary/aromatic N) is 4. The van der Waals surface area contributed by atoms with E-state index in [9.17, 15) is 9.90 Å². The Bertz CT molecular complexity index is 602. The smallest absolute Gasteiger partial charge is 0.254 e. The van der Waals surface area contributed by atoms with Crippen molar-refractivity contribution in [2.45, 2.75) is 26.4 Å². The molecule has 0 aliphatic rings. The van der Waals surface area contributed by atoms with Crippen molar-refractivity contribution in [1.29, 1.82) is 0 Å². The molecule has 1 N–H and O–H groups in total. The molecule has 21 heavy (non-hydrogen) atoms. The SMILES string of the molecule is CCN(CC(C)(C)O)C(=O)c1ccnc(-n2ccnc2)c1. The minimum atomic E-state index is -0.925. The molecule has 0 spiro atoms. The van der Waals surface area contributed by atoms with Gasteiger partial charge in [0.05, 0.1) is 5.60 Å². The van der Waals surface area contributed by atoms with Crippen molar-refractivity contribution in [3.8, 4) is 5.82 Å². The van der Waals surface area contributed by atoms with E-state index in [-0.39, 0.29) is 12.5 Å². The summed E-state index contributed by atoms with van der Waals surface area (Å²) in [7, 11) is 0. The summed E-state index contributed by atoms with van der Waals surface area (Å²) in [5, 5.41) is 9.90. The number of imidazole rings is 1. The van der Waals surface area contributed by atoms with Crippen molar-refractivity contribution in [1.82, 2.24) is 19.4 Å². The van der Waals surface area contributed by atoms with Crippen molar-refractivity contribution in [3.05, 3.63) is 42.6 Å². The highest BCUT2D eigenvalue weighted by Crippen LogP contribution is 2.12. The van der Waals surface area contributed by atoms with Gasteiger partial charge in [0, 0.05) is 37.2 Å². The van der Waals surface area contributed by atoms with Gasteiger partial charge in [-0.05, 0) is 32.9 Å². The highest BCUT2D eigenvalue weighted by Gasteiger charge is 2.22. The maximum atomic E-state index is 12.5. The van der Waals surface area contributed by atoms with E-state index in [1.807, 2.05) is 6.92 Å². The van der Waals surface area contributed by atoms with Crippen molar-refractivity contribution in [3.63, 3.8) is 0 Å². The Kier molecular flexibility index (Phi) is 4.37. The predicted octanol–water partition coefficient (Wildman–Crippen LogP) is 1.50. The molecule has 0 radical (unpaired) electrons. The first-order valence-corrected chi connectivity index (χ1v) is 6.87. The zero-order chi connectivity index (χ0) is 15.5. The van der Waals surface area contributed by atoms with Crippen LogP contribution < -0.4 is 0 Å². The van der Waals surface area contributed by atoms with Gasteiger partial charge in [-0.2, -0.15) is 0 Å². The zero-order valence-electron chi connectivity index (χ0n) is 12.5. The summed E-state index contributed by atoms with van der Waals surface area (Å²) in [6.45, 7) is 6.08. The molecule has 2 heterocycles. The zero-order valence-corrected chi connectivity index (χ0v) is 12.5. The Hall–Kier alpha value is -2.21. The van der Waals surface area contributed by atoms with Crippen LogP contribution in [-0.2, 0) is 0 Å². The number of likely N-dealkylation sites (N-methyl/N-ethyl adjacent to an activating group) is 1. The fourth-order valence-electron chi connectivity index (χ4n) is 2.06. The third kappa shape index (κ3) is 3.88. The lowest BCUT2D eigenvalue weighted by Crippen LogP contribution is -2.42. The molecular weight excluding hydrogens is 268 g/mol. The van der Waals surface area contributed by atoms with Crippen LogP contribution in [0.3, 0.4) is 0 Å². The number of hydrogen-bond donors (Lipinski definition) is 1. The van der Waals surface area contributed by atoms with Crippen LogP contribution in [-0.4, -0.2) is 49.1 Å². The summed E-state index contributed by atoms with van der Waals surface area (Å²) in [5.41, 5.74) is -0.383. The fourth-order valence-corrected chi connectivity index (χ4v) is 2.06. The molecule has 0 unspecified atom stereocenters. The van der Waals surface area contributed by atoms with Gasteiger partial charge in [-0.3, -0.25) is 9.36 Å². The second-order valence-electron chi connectivity index (χ2n) is 5.50. The van der Waals surface area contributed by atoms with E-state index in [4.69, 9.17) is 0 Å². The Morgan fingerprint density at radius 2 is 2.19 bits per heavy atom. The van der Waals surface area contributed by atoms with Gasteiger partial charge in [-0.25, -0.2) is 9.97 Å². The number of aromatic nitrogens is 3. The first kappa shape index (κ1) is 15.2. The minimum Gasteiger partial charge on any atom is -0.389 e. The van der Waals surface area contributed by atoms with E-state index >= 15 is 0 Å². The molecule has 2 rings (SSSR count). The molecule has 0 atom stereocenters. The van der Waals surface area contributed by atoms with Crippen LogP contribution in [0.2, 0.25) is 0 Å². The second-order valence-corrected chi connectivity index (χ2v) is 5.50. The van der Waals surface area contributed by atoms with Crippen molar-refractivity contribution >= 4 is 5.91 Å². The highest BCUT2D eigenvalue weighted by atomic mass is 16.3. The number of carbonyl (C=O) groups excluding carboxylic acids is 1. The Labute approximate surface area is 124 Å². The molecule has 6 nitrogen and oxygen atoms in total. The number of rotatable bonds is 5. The van der Waals surface area contributed by atoms with Gasteiger partial charge < -0.3 is 10.0 Å². The molecule has 0 aromatic carbocycles. The first-order chi connectivity index (χ1) is 9.90. The number of amides is 1. The summed E-state index contributed by atoms with van der Waals surface area (Å²) in [5.74, 6) is 0.515. The molecule has 0 bridgehead atoms. The Morgan fingerprint density at radius 1 is 1.43 bits per heavy atom. The molecular formula is C15H20N4O2. The van der Waals surface area contributed by atoms with Crippen LogP contribution in [0.15, 0.2) is 37.1 Å². The fraction of sp³-hybridized carbons (Fsp3) is 0.400. The molecule has 6 heteroatoms.